The van der Waals surface area contributed by atoms with Crippen LogP contribution in [0.5, 0.6) is 0 Å². The maximum Gasteiger partial charge on any atom is 0.125 e. The van der Waals surface area contributed by atoms with Gasteiger partial charge in [0, 0.05) is 22.5 Å². The molecule has 0 amide bonds. The van der Waals surface area contributed by atoms with Crippen LogP contribution in [0.3, 0.4) is 0 Å². The number of methoxy groups -OCH3 is 1. The van der Waals surface area contributed by atoms with Gasteiger partial charge in [-0.05, 0) is 37.3 Å². The smallest absolute Gasteiger partial charge is 0.125 e. The number of ether oxygens (including phenoxy) is 1. The van der Waals surface area contributed by atoms with Crippen molar-refractivity contribution in [1.29, 1.82) is 0 Å². The first-order valence-electron chi connectivity index (χ1n) is 7.40. The number of hydrogen-bond donors (Lipinski definition) is 0. The molecule has 112 valence electrons. The van der Waals surface area contributed by atoms with E-state index < -0.39 is 0 Å². The predicted molar refractivity (Wildman–Crippen MR) is 91.6 cm³/mol. The summed E-state index contributed by atoms with van der Waals surface area (Å²) in [5.41, 5.74) is 2.05. The van der Waals surface area contributed by atoms with Crippen molar-refractivity contribution >= 4 is 27.3 Å². The lowest BCUT2D eigenvalue weighted by atomic mass is 9.79. The van der Waals surface area contributed by atoms with Crippen molar-refractivity contribution in [2.24, 2.45) is 5.92 Å². The SMILES string of the molecule is COC1(c2nc(-c3ccc(Br)cc3)cs2)CCCC(C)C1. The van der Waals surface area contributed by atoms with Crippen LogP contribution in [0.1, 0.15) is 37.6 Å². The number of hydrogen-bond acceptors (Lipinski definition) is 3. The second-order valence-corrected chi connectivity index (χ2v) is 7.72. The maximum atomic E-state index is 5.94. The van der Waals surface area contributed by atoms with Crippen LogP contribution in [-0.4, -0.2) is 12.1 Å². The third-order valence-corrected chi connectivity index (χ3v) is 5.94. The number of thiazole rings is 1. The van der Waals surface area contributed by atoms with E-state index in [2.05, 4.69) is 52.5 Å². The van der Waals surface area contributed by atoms with Gasteiger partial charge in [0.25, 0.3) is 0 Å². The molecule has 0 spiro atoms. The van der Waals surface area contributed by atoms with Crippen molar-refractivity contribution in [3.05, 3.63) is 39.1 Å². The Labute approximate surface area is 138 Å². The lowest BCUT2D eigenvalue weighted by molar-refractivity contribution is -0.0579. The van der Waals surface area contributed by atoms with Gasteiger partial charge in [0.15, 0.2) is 0 Å². The van der Waals surface area contributed by atoms with Crippen LogP contribution in [0, 0.1) is 5.92 Å². The summed E-state index contributed by atoms with van der Waals surface area (Å²) in [4.78, 5) is 4.89. The van der Waals surface area contributed by atoms with E-state index in [0.29, 0.717) is 5.92 Å². The first-order valence-corrected chi connectivity index (χ1v) is 9.07. The standard InChI is InChI=1S/C17H20BrNOS/c1-12-4-3-9-17(10-12,20-2)16-19-15(11-21-16)13-5-7-14(18)8-6-13/h5-8,11-12H,3-4,9-10H2,1-2H3. The molecular weight excluding hydrogens is 346 g/mol. The Kier molecular flexibility index (Phi) is 4.48. The van der Waals surface area contributed by atoms with E-state index in [1.807, 2.05) is 7.11 Å². The summed E-state index contributed by atoms with van der Waals surface area (Å²) in [6.07, 6.45) is 4.69. The highest BCUT2D eigenvalue weighted by Gasteiger charge is 2.39. The Balaban J connectivity index is 1.91. The Morgan fingerprint density at radius 1 is 1.33 bits per heavy atom. The van der Waals surface area contributed by atoms with Gasteiger partial charge in [-0.2, -0.15) is 0 Å². The van der Waals surface area contributed by atoms with E-state index >= 15 is 0 Å². The zero-order chi connectivity index (χ0) is 14.9. The number of rotatable bonds is 3. The molecule has 4 heteroatoms. The van der Waals surface area contributed by atoms with E-state index in [-0.39, 0.29) is 5.60 Å². The van der Waals surface area contributed by atoms with Crippen molar-refractivity contribution in [2.75, 3.05) is 7.11 Å². The van der Waals surface area contributed by atoms with Gasteiger partial charge in [0.1, 0.15) is 10.6 Å². The largest absolute Gasteiger partial charge is 0.371 e. The van der Waals surface area contributed by atoms with Crippen LogP contribution in [0.15, 0.2) is 34.1 Å². The van der Waals surface area contributed by atoms with Gasteiger partial charge in [-0.3, -0.25) is 0 Å². The molecule has 1 aliphatic rings. The van der Waals surface area contributed by atoms with Crippen molar-refractivity contribution < 1.29 is 4.74 Å². The normalized spacial score (nSPS) is 26.0. The third-order valence-electron chi connectivity index (χ3n) is 4.38. The summed E-state index contributed by atoms with van der Waals surface area (Å²) in [5.74, 6) is 0.707. The first-order chi connectivity index (χ1) is 10.1. The van der Waals surface area contributed by atoms with Gasteiger partial charge in [0.2, 0.25) is 0 Å². The average molecular weight is 366 g/mol. The van der Waals surface area contributed by atoms with Gasteiger partial charge < -0.3 is 4.74 Å². The minimum atomic E-state index is -0.171. The lowest BCUT2D eigenvalue weighted by Crippen LogP contribution is -2.34. The first kappa shape index (κ1) is 15.2. The maximum absolute atomic E-state index is 5.94. The molecule has 21 heavy (non-hydrogen) atoms. The van der Waals surface area contributed by atoms with Crippen molar-refractivity contribution in [3.8, 4) is 11.3 Å². The highest BCUT2D eigenvalue weighted by atomic mass is 79.9. The second kappa shape index (κ2) is 6.19. The van der Waals surface area contributed by atoms with E-state index in [0.717, 1.165) is 33.6 Å². The van der Waals surface area contributed by atoms with Gasteiger partial charge in [-0.25, -0.2) is 4.98 Å². The summed E-state index contributed by atoms with van der Waals surface area (Å²) >= 11 is 5.21. The van der Waals surface area contributed by atoms with Gasteiger partial charge >= 0.3 is 0 Å². The molecule has 0 aliphatic heterocycles. The van der Waals surface area contributed by atoms with Crippen molar-refractivity contribution in [2.45, 2.75) is 38.2 Å². The van der Waals surface area contributed by atoms with Crippen LogP contribution in [0.2, 0.25) is 0 Å². The summed E-state index contributed by atoms with van der Waals surface area (Å²) in [6.45, 7) is 2.32. The molecule has 2 nitrogen and oxygen atoms in total. The molecule has 1 saturated carbocycles. The molecule has 2 atom stereocenters. The highest BCUT2D eigenvalue weighted by molar-refractivity contribution is 9.10. The van der Waals surface area contributed by atoms with E-state index in [4.69, 9.17) is 9.72 Å². The van der Waals surface area contributed by atoms with Crippen molar-refractivity contribution in [3.63, 3.8) is 0 Å². The molecule has 0 N–H and O–H groups in total. The summed E-state index contributed by atoms with van der Waals surface area (Å²) in [5, 5.41) is 3.29. The molecule has 1 aromatic heterocycles. The Morgan fingerprint density at radius 2 is 2.10 bits per heavy atom. The fraction of sp³-hybridized carbons (Fsp3) is 0.471. The fourth-order valence-electron chi connectivity index (χ4n) is 3.21. The van der Waals surface area contributed by atoms with Crippen molar-refractivity contribution in [1.82, 2.24) is 4.98 Å². The molecule has 1 aromatic carbocycles. The molecule has 0 radical (unpaired) electrons. The van der Waals surface area contributed by atoms with Crippen LogP contribution >= 0.6 is 27.3 Å². The minimum Gasteiger partial charge on any atom is -0.371 e. The molecule has 3 rings (SSSR count). The zero-order valence-corrected chi connectivity index (χ0v) is 14.8. The summed E-state index contributed by atoms with van der Waals surface area (Å²) in [6, 6.07) is 8.32. The summed E-state index contributed by atoms with van der Waals surface area (Å²) < 4.78 is 7.04. The molecule has 1 fully saturated rings. The third kappa shape index (κ3) is 3.08. The van der Waals surface area contributed by atoms with Crippen LogP contribution < -0.4 is 0 Å². The minimum absolute atomic E-state index is 0.171. The predicted octanol–water partition coefficient (Wildman–Crippen LogP) is 5.62. The molecular formula is C17H20BrNOS. The Bertz CT molecular complexity index is 610. The molecule has 0 saturated heterocycles. The fourth-order valence-corrected chi connectivity index (χ4v) is 4.52. The molecule has 1 aliphatic carbocycles. The van der Waals surface area contributed by atoms with E-state index in [9.17, 15) is 0 Å². The van der Waals surface area contributed by atoms with Gasteiger partial charge in [0.05, 0.1) is 5.69 Å². The second-order valence-electron chi connectivity index (χ2n) is 5.94. The molecule has 1 heterocycles. The Morgan fingerprint density at radius 3 is 2.76 bits per heavy atom. The van der Waals surface area contributed by atoms with Crippen LogP contribution in [0.25, 0.3) is 11.3 Å². The average Bonchev–Trinajstić information content (AvgIpc) is 2.98. The number of halogens is 1. The highest BCUT2D eigenvalue weighted by Crippen LogP contribution is 2.44. The molecule has 0 bridgehead atoms. The molecule has 2 unspecified atom stereocenters. The zero-order valence-electron chi connectivity index (χ0n) is 12.4. The molecule has 2 aromatic rings. The number of aromatic nitrogens is 1. The van der Waals surface area contributed by atoms with E-state index in [1.165, 1.54) is 12.8 Å². The van der Waals surface area contributed by atoms with Crippen LogP contribution in [-0.2, 0) is 10.3 Å². The lowest BCUT2D eigenvalue weighted by Gasteiger charge is -2.37. The monoisotopic (exact) mass is 365 g/mol. The number of benzene rings is 1. The topological polar surface area (TPSA) is 22.1 Å². The quantitative estimate of drug-likeness (QED) is 0.703. The van der Waals surface area contributed by atoms with Gasteiger partial charge in [-0.15, -0.1) is 11.3 Å². The van der Waals surface area contributed by atoms with Gasteiger partial charge in [-0.1, -0.05) is 41.4 Å². The Hall–Kier alpha value is -0.710. The van der Waals surface area contributed by atoms with E-state index in [1.54, 1.807) is 11.3 Å². The number of nitrogens with zero attached hydrogens (tertiary/aromatic N) is 1. The summed E-state index contributed by atoms with van der Waals surface area (Å²) in [7, 11) is 1.83. The van der Waals surface area contributed by atoms with Crippen LogP contribution in [0.4, 0.5) is 0 Å².